The summed E-state index contributed by atoms with van der Waals surface area (Å²) in [6, 6.07) is 22.3. The monoisotopic (exact) mass is 1450 g/mol. The number of imidazole rings is 2. The first-order valence-corrected chi connectivity index (χ1v) is 31.0. The van der Waals surface area contributed by atoms with Gasteiger partial charge in [0.15, 0.2) is 28.6 Å². The molecule has 97 heavy (non-hydrogen) atoms. The van der Waals surface area contributed by atoms with E-state index >= 15 is 0 Å². The molecule has 0 unspecified atom stereocenters. The van der Waals surface area contributed by atoms with Crippen molar-refractivity contribution < 1.29 is 40.4 Å². The molecule has 10 heterocycles. The van der Waals surface area contributed by atoms with Crippen LogP contribution in [0.3, 0.4) is 0 Å². The van der Waals surface area contributed by atoms with Gasteiger partial charge in [-0.05, 0) is 144 Å². The van der Waals surface area contributed by atoms with Gasteiger partial charge in [0.25, 0.3) is 11.1 Å². The number of fused-ring (bicyclic) bond motifs is 2. The van der Waals surface area contributed by atoms with Crippen molar-refractivity contribution in [2.45, 2.75) is 81.0 Å². The minimum absolute atomic E-state index is 0.0455. The van der Waals surface area contributed by atoms with Crippen molar-refractivity contribution in [1.82, 2.24) is 72.6 Å². The quantitative estimate of drug-likeness (QED) is 0.0254. The second-order valence-corrected chi connectivity index (χ2v) is 20.7. The molecule has 30 nitrogen and oxygen atoms in total. The highest BCUT2D eigenvalue weighted by molar-refractivity contribution is 14.1. The Balaban J connectivity index is 0.000000307. The highest BCUT2D eigenvalue weighted by Gasteiger charge is 2.17. The van der Waals surface area contributed by atoms with E-state index in [1.54, 1.807) is 62.0 Å². The van der Waals surface area contributed by atoms with Gasteiger partial charge >= 0.3 is 23.3 Å². The largest absolute Gasteiger partial charge is 0.480 e. The lowest BCUT2D eigenvalue weighted by Gasteiger charge is -2.08. The average molecular weight is 1450 g/mol. The van der Waals surface area contributed by atoms with Crippen molar-refractivity contribution in [3.05, 3.63) is 248 Å². The molecule has 514 valence electrons. The molecule has 0 spiro atoms. The Morgan fingerprint density at radius 1 is 0.619 bits per heavy atom. The number of nitrogens with zero attached hydrogens (tertiary/aromatic N) is 15. The molecular weight excluding hydrogens is 1370 g/mol. The summed E-state index contributed by atoms with van der Waals surface area (Å²) in [5.74, 6) is -1.63. The van der Waals surface area contributed by atoms with E-state index in [-0.39, 0.29) is 53.9 Å². The third kappa shape index (κ3) is 26.8. The SMILES string of the molecule is CCOC(=O)c1ccc(C)nc1.Cc1ccc(/C=C/[N+](=O)[O-])cn1.Cc1ccc(C=O)cn1.Cc1ccc(CCN)cn1.Cc1ccc(CCNC(=O)Cn2cnc3c2c(=O)n(C)c(=O)n3C)cn1.Cc1ccc(CO)cn1.Cn1c(=O)c2c(ncn2CC(=O)O)n(C)c1=O.[2H]CI. The van der Waals surface area contributed by atoms with Crippen molar-refractivity contribution in [3.63, 3.8) is 0 Å². The van der Waals surface area contributed by atoms with Crippen molar-refractivity contribution in [2.24, 2.45) is 33.9 Å². The summed E-state index contributed by atoms with van der Waals surface area (Å²) < 4.78 is 18.1. The van der Waals surface area contributed by atoms with Gasteiger partial charge in [-0.1, -0.05) is 46.9 Å². The molecule has 0 saturated heterocycles. The predicted octanol–water partition coefficient (Wildman–Crippen LogP) is 5.25. The molecule has 10 aromatic rings. The zero-order valence-corrected chi connectivity index (χ0v) is 57.8. The van der Waals surface area contributed by atoms with Crippen LogP contribution in [0.4, 0.5) is 0 Å². The normalized spacial score (nSPS) is 10.3. The average Bonchev–Trinajstić information content (AvgIpc) is 1.62. The van der Waals surface area contributed by atoms with Crippen LogP contribution < -0.4 is 33.5 Å². The number of hydrogen-bond acceptors (Lipinski definition) is 21. The number of alkyl halides is 1. The van der Waals surface area contributed by atoms with Crippen molar-refractivity contribution in [3.8, 4) is 0 Å². The number of carbonyl (C=O) groups excluding carboxylic acids is 3. The topological polar surface area (TPSA) is 400 Å². The van der Waals surface area contributed by atoms with Crippen LogP contribution in [0.1, 0.15) is 85.4 Å². The molecule has 0 fully saturated rings. The van der Waals surface area contributed by atoms with E-state index in [2.05, 4.69) is 51.3 Å². The summed E-state index contributed by atoms with van der Waals surface area (Å²) in [6.07, 6.45) is 17.3. The number of pyridine rings is 6. The summed E-state index contributed by atoms with van der Waals surface area (Å²) >= 11 is 1.96. The van der Waals surface area contributed by atoms with Crippen molar-refractivity contribution >= 4 is 75.1 Å². The lowest BCUT2D eigenvalue weighted by molar-refractivity contribution is -0.400. The molecule has 1 amide bonds. The maximum Gasteiger partial charge on any atom is 0.339 e. The van der Waals surface area contributed by atoms with E-state index in [9.17, 15) is 48.5 Å². The number of rotatable bonds is 15. The highest BCUT2D eigenvalue weighted by atomic mass is 127. The number of aldehydes is 1. The van der Waals surface area contributed by atoms with E-state index in [1.165, 1.54) is 77.0 Å². The number of carboxylic acids is 1. The van der Waals surface area contributed by atoms with Crippen molar-refractivity contribution in [2.75, 3.05) is 24.6 Å². The number of aliphatic hydroxyl groups excluding tert-OH is 1. The van der Waals surface area contributed by atoms with Crippen LogP contribution in [0.25, 0.3) is 28.4 Å². The summed E-state index contributed by atoms with van der Waals surface area (Å²) in [5, 5.41) is 30.0. The van der Waals surface area contributed by atoms with Gasteiger partial charge in [0, 0.05) is 119 Å². The van der Waals surface area contributed by atoms with Gasteiger partial charge in [-0.25, -0.2) is 24.4 Å². The Morgan fingerprint density at radius 2 is 1.03 bits per heavy atom. The van der Waals surface area contributed by atoms with E-state index in [1.807, 2.05) is 107 Å². The summed E-state index contributed by atoms with van der Waals surface area (Å²) in [5.41, 5.74) is 14.8. The number of halogens is 1. The van der Waals surface area contributed by atoms with Crippen LogP contribution in [-0.4, -0.2) is 131 Å². The number of hydrogen-bond donors (Lipinski definition) is 4. The number of esters is 1. The lowest BCUT2D eigenvalue weighted by Crippen LogP contribution is -2.38. The number of amides is 1. The second-order valence-electron chi connectivity index (χ2n) is 20.7. The number of carboxylic acid groups (broad SMARTS) is 1. The first-order valence-electron chi connectivity index (χ1n) is 30.2. The molecule has 0 aliphatic heterocycles. The number of aromatic nitrogens is 14. The number of ether oxygens (including phenoxy) is 1. The van der Waals surface area contributed by atoms with Gasteiger partial charge in [-0.2, -0.15) is 0 Å². The van der Waals surface area contributed by atoms with Gasteiger partial charge in [-0.3, -0.25) is 82.3 Å². The zero-order valence-electron chi connectivity index (χ0n) is 56.7. The first kappa shape index (κ1) is 78.5. The van der Waals surface area contributed by atoms with Gasteiger partial charge in [0.2, 0.25) is 12.1 Å². The minimum Gasteiger partial charge on any atom is -0.480 e. The van der Waals surface area contributed by atoms with Crippen LogP contribution in [0.2, 0.25) is 0 Å². The van der Waals surface area contributed by atoms with Crippen LogP contribution in [-0.2, 0) is 75.1 Å². The Kier molecular flexibility index (Phi) is 33.8. The van der Waals surface area contributed by atoms with E-state index in [0.717, 1.165) is 78.9 Å². The number of nitrogens with one attached hydrogen (secondary N) is 1. The summed E-state index contributed by atoms with van der Waals surface area (Å²) in [4.78, 5) is 134. The molecule has 10 rings (SSSR count). The van der Waals surface area contributed by atoms with Gasteiger partial charge in [0.1, 0.15) is 13.1 Å². The van der Waals surface area contributed by atoms with Gasteiger partial charge in [-0.15, -0.1) is 0 Å². The maximum atomic E-state index is 12.3. The Bertz CT molecular complexity index is 4460. The fraction of sp³-hybridized carbons (Fsp3) is 0.303. The molecule has 0 aliphatic carbocycles. The standard InChI is InChI=1S/C17H20N6O3.C9H10N4O4.C9H11NO2.C8H8N2O2.C8H12N2.C7H9NO.C7H7NO.CH3I/c1-11-4-5-12(8-19-11)6-7-18-13(24)9-23-10-20-15-14(23)16(25)22(3)17(26)21(15)2;1-11-7-6(8(16)12(2)9(11)17)13(4-10-7)3-5(14)15;1-3-12-9(11)8-5-4-7(2)10-6-8;1-7-2-3-8(6-9-7)4-5-10(11)12;1-7-2-3-8(4-5-9)6-10-7;2*1-6-2-3-7(5-9)4-8-6;1-2/h4-5,8,10H,6-7,9H2,1-3H3,(H,18,24);4H,3H2,1-2H3,(H,14,15);4-6H,3H2,1-2H3;2-6H,1H3;2-3,6H,4-5,9H2,1H3;2-4,9H,5H2,1H3;2-5H,1H3;1H3/b;;;5-4+;;;;/i;;;;;;;1D. The van der Waals surface area contributed by atoms with E-state index in [0.29, 0.717) is 42.2 Å². The lowest BCUT2D eigenvalue weighted by atomic mass is 10.2. The number of nitrogens with two attached hydrogens (primary N) is 1. The number of nitro groups is 1. The zero-order chi connectivity index (χ0) is 73.0. The molecule has 10 aromatic heterocycles. The highest BCUT2D eigenvalue weighted by Crippen LogP contribution is 2.08. The van der Waals surface area contributed by atoms with Crippen LogP contribution >= 0.6 is 22.6 Å². The number of aliphatic hydroxyl groups is 1. The second kappa shape index (κ2) is 41.7. The molecule has 0 bridgehead atoms. The maximum absolute atomic E-state index is 12.3. The molecule has 0 saturated carbocycles. The third-order valence-electron chi connectivity index (χ3n) is 13.1. The number of aryl methyl sites for hydroxylation is 8. The minimum atomic E-state index is -1.08. The fourth-order valence-corrected chi connectivity index (χ4v) is 7.86. The third-order valence-corrected chi connectivity index (χ3v) is 13.1. The van der Waals surface area contributed by atoms with Crippen LogP contribution in [0.15, 0.2) is 148 Å². The van der Waals surface area contributed by atoms with Crippen LogP contribution in [0, 0.1) is 51.7 Å². The molecule has 5 N–H and O–H groups in total. The smallest absolute Gasteiger partial charge is 0.339 e. The Labute approximate surface area is 573 Å². The Hall–Kier alpha value is -10.9. The van der Waals surface area contributed by atoms with E-state index in [4.69, 9.17) is 22.1 Å². The summed E-state index contributed by atoms with van der Waals surface area (Å²) in [6.45, 7) is 14.4. The molecule has 0 radical (unpaired) electrons. The Morgan fingerprint density at radius 3 is 1.40 bits per heavy atom. The molecule has 0 aliphatic rings. The van der Waals surface area contributed by atoms with E-state index < -0.39 is 33.4 Å². The first-order chi connectivity index (χ1) is 46.6. The van der Waals surface area contributed by atoms with Crippen LogP contribution in [0.5, 0.6) is 0 Å². The number of aliphatic carboxylic acids is 1. The molecule has 31 heteroatoms. The number of carbonyl (C=O) groups is 4. The molecular formula is C66H80IN17O13. The molecule has 0 aromatic carbocycles. The fourth-order valence-electron chi connectivity index (χ4n) is 7.86. The summed E-state index contributed by atoms with van der Waals surface area (Å²) in [7, 11) is 5.75. The van der Waals surface area contributed by atoms with Crippen molar-refractivity contribution in [1.29, 1.82) is 0 Å². The van der Waals surface area contributed by atoms with Gasteiger partial charge in [0.05, 0.1) is 36.4 Å². The molecule has 0 atom stereocenters. The predicted molar refractivity (Wildman–Crippen MR) is 375 cm³/mol. The van der Waals surface area contributed by atoms with Gasteiger partial charge < -0.3 is 35.1 Å².